The fourth-order valence-corrected chi connectivity index (χ4v) is 7.23. The summed E-state index contributed by atoms with van der Waals surface area (Å²) in [5.74, 6) is 0. The van der Waals surface area contributed by atoms with Crippen molar-refractivity contribution in [1.82, 2.24) is 0 Å². The zero-order chi connectivity index (χ0) is 31.2. The van der Waals surface area contributed by atoms with Crippen LogP contribution in [0.3, 0.4) is 0 Å². The van der Waals surface area contributed by atoms with Gasteiger partial charge in [-0.05, 0) is 78.7 Å². The third-order valence-corrected chi connectivity index (χ3v) is 9.41. The minimum Gasteiger partial charge on any atom is -0.309 e. The number of anilines is 3. The number of nitrogens with zero attached hydrogens (tertiary/aromatic N) is 1. The summed E-state index contributed by atoms with van der Waals surface area (Å²) in [5.41, 5.74) is 8.29. The second-order valence-electron chi connectivity index (χ2n) is 12.1. The lowest BCUT2D eigenvalue weighted by Crippen LogP contribution is -2.12. The summed E-state index contributed by atoms with van der Waals surface area (Å²) in [5, 5.41) is 9.88. The molecule has 0 spiro atoms. The molecule has 0 saturated heterocycles. The minimum atomic E-state index is 1.11. The lowest BCUT2D eigenvalue weighted by atomic mass is 9.88. The lowest BCUT2D eigenvalue weighted by Gasteiger charge is -2.31. The van der Waals surface area contributed by atoms with Crippen molar-refractivity contribution >= 4 is 60.2 Å². The van der Waals surface area contributed by atoms with E-state index in [9.17, 15) is 0 Å². The van der Waals surface area contributed by atoms with Crippen molar-refractivity contribution in [2.75, 3.05) is 4.90 Å². The molecule has 0 aromatic heterocycles. The maximum Gasteiger partial charge on any atom is 0.0625 e. The highest BCUT2D eigenvalue weighted by atomic mass is 15.1. The Hall–Kier alpha value is -6.18. The molecule has 0 unspecified atom stereocenters. The largest absolute Gasteiger partial charge is 0.309 e. The molecule has 0 fully saturated rings. The number of rotatable bonds is 5. The van der Waals surface area contributed by atoms with Gasteiger partial charge in [0.05, 0.1) is 5.69 Å². The summed E-state index contributed by atoms with van der Waals surface area (Å²) >= 11 is 0. The summed E-state index contributed by atoms with van der Waals surface area (Å²) in [7, 11) is 0. The first-order chi connectivity index (χ1) is 23.3. The molecule has 9 aromatic carbocycles. The van der Waals surface area contributed by atoms with Crippen LogP contribution in [0.25, 0.3) is 65.3 Å². The van der Waals surface area contributed by atoms with Crippen molar-refractivity contribution < 1.29 is 0 Å². The van der Waals surface area contributed by atoms with Gasteiger partial charge in [0.15, 0.2) is 0 Å². The standard InChI is InChI=1S/C46H31N/c1-2-13-32(14-3-1)34-25-28-37(29-26-34)47(38-30-27-33-15-4-5-17-36(33)31-38)46-44-23-11-9-21-41(44)40-20-8-10-22-43(40)45(46)42-24-12-18-35-16-6-7-19-39(35)42/h1-31H. The van der Waals surface area contributed by atoms with Crippen molar-refractivity contribution in [3.8, 4) is 22.3 Å². The van der Waals surface area contributed by atoms with Gasteiger partial charge in [-0.3, -0.25) is 0 Å². The van der Waals surface area contributed by atoms with E-state index in [1.54, 1.807) is 0 Å². The molecule has 1 heteroatoms. The van der Waals surface area contributed by atoms with Crippen LogP contribution >= 0.6 is 0 Å². The Kier molecular flexibility index (Phi) is 6.54. The molecule has 0 atom stereocenters. The van der Waals surface area contributed by atoms with Gasteiger partial charge < -0.3 is 4.90 Å². The zero-order valence-corrected chi connectivity index (χ0v) is 25.8. The van der Waals surface area contributed by atoms with Crippen LogP contribution in [0, 0.1) is 0 Å². The molecular weight excluding hydrogens is 567 g/mol. The molecule has 0 radical (unpaired) electrons. The molecule has 1 nitrogen and oxygen atoms in total. The highest BCUT2D eigenvalue weighted by molar-refractivity contribution is 6.24. The van der Waals surface area contributed by atoms with Crippen molar-refractivity contribution in [2.24, 2.45) is 0 Å². The average molecular weight is 598 g/mol. The molecule has 220 valence electrons. The highest BCUT2D eigenvalue weighted by Crippen LogP contribution is 2.50. The summed E-state index contributed by atoms with van der Waals surface area (Å²) in [4.78, 5) is 2.48. The Morgan fingerprint density at radius 3 is 1.60 bits per heavy atom. The smallest absolute Gasteiger partial charge is 0.0625 e. The molecule has 0 aliphatic rings. The van der Waals surface area contributed by atoms with Gasteiger partial charge in [0.25, 0.3) is 0 Å². The summed E-state index contributed by atoms with van der Waals surface area (Å²) < 4.78 is 0. The van der Waals surface area contributed by atoms with Crippen LogP contribution in [0.2, 0.25) is 0 Å². The molecule has 9 aromatic rings. The third kappa shape index (κ3) is 4.64. The van der Waals surface area contributed by atoms with Crippen LogP contribution in [-0.2, 0) is 0 Å². The van der Waals surface area contributed by atoms with Crippen LogP contribution in [-0.4, -0.2) is 0 Å². The molecule has 9 rings (SSSR count). The summed E-state index contributed by atoms with van der Waals surface area (Å²) in [6.45, 7) is 0. The molecule has 0 saturated carbocycles. The van der Waals surface area contributed by atoms with E-state index in [1.807, 2.05) is 0 Å². The first kappa shape index (κ1) is 27.2. The van der Waals surface area contributed by atoms with Crippen molar-refractivity contribution in [3.63, 3.8) is 0 Å². The van der Waals surface area contributed by atoms with Crippen LogP contribution in [0.5, 0.6) is 0 Å². The third-order valence-electron chi connectivity index (χ3n) is 9.41. The van der Waals surface area contributed by atoms with Crippen LogP contribution < -0.4 is 4.90 Å². The van der Waals surface area contributed by atoms with E-state index in [4.69, 9.17) is 0 Å². The van der Waals surface area contributed by atoms with E-state index in [2.05, 4.69) is 193 Å². The van der Waals surface area contributed by atoms with Gasteiger partial charge in [-0.25, -0.2) is 0 Å². The Morgan fingerprint density at radius 1 is 0.298 bits per heavy atom. The maximum absolute atomic E-state index is 2.48. The van der Waals surface area contributed by atoms with E-state index in [0.29, 0.717) is 0 Å². The SMILES string of the molecule is c1ccc(-c2ccc(N(c3ccc4ccccc4c3)c3c(-c4cccc5ccccc45)c4ccccc4c4ccccc34)cc2)cc1. The first-order valence-electron chi connectivity index (χ1n) is 16.2. The van der Waals surface area contributed by atoms with E-state index < -0.39 is 0 Å². The number of benzene rings is 9. The maximum atomic E-state index is 2.48. The Balaban J connectivity index is 1.42. The molecule has 0 N–H and O–H groups in total. The number of hydrogen-bond donors (Lipinski definition) is 0. The van der Waals surface area contributed by atoms with Gasteiger partial charge in [-0.2, -0.15) is 0 Å². The van der Waals surface area contributed by atoms with Gasteiger partial charge >= 0.3 is 0 Å². The van der Waals surface area contributed by atoms with Crippen LogP contribution in [0.1, 0.15) is 0 Å². The van der Waals surface area contributed by atoms with E-state index in [1.165, 1.54) is 71.0 Å². The first-order valence-corrected chi connectivity index (χ1v) is 16.2. The lowest BCUT2D eigenvalue weighted by molar-refractivity contribution is 1.31. The quantitative estimate of drug-likeness (QED) is 0.178. The number of hydrogen-bond acceptors (Lipinski definition) is 1. The van der Waals surface area contributed by atoms with Gasteiger partial charge in [0.1, 0.15) is 0 Å². The molecule has 0 amide bonds. The molecule has 0 aliphatic carbocycles. The molecule has 0 heterocycles. The van der Waals surface area contributed by atoms with E-state index >= 15 is 0 Å². The topological polar surface area (TPSA) is 3.24 Å². The second kappa shape index (κ2) is 11.3. The Bertz CT molecular complexity index is 2560. The average Bonchev–Trinajstić information content (AvgIpc) is 3.15. The predicted molar refractivity (Wildman–Crippen MR) is 202 cm³/mol. The Labute approximate surface area is 274 Å². The molecule has 0 bridgehead atoms. The normalized spacial score (nSPS) is 11.4. The van der Waals surface area contributed by atoms with Crippen molar-refractivity contribution in [3.05, 3.63) is 188 Å². The second-order valence-corrected chi connectivity index (χ2v) is 12.1. The van der Waals surface area contributed by atoms with Crippen molar-refractivity contribution in [1.29, 1.82) is 0 Å². The number of fused-ring (bicyclic) bond motifs is 5. The predicted octanol–water partition coefficient (Wildman–Crippen LogP) is 13.1. The van der Waals surface area contributed by atoms with Gasteiger partial charge in [0.2, 0.25) is 0 Å². The monoisotopic (exact) mass is 597 g/mol. The molecule has 0 aliphatic heterocycles. The fourth-order valence-electron chi connectivity index (χ4n) is 7.23. The zero-order valence-electron chi connectivity index (χ0n) is 25.8. The Morgan fingerprint density at radius 2 is 0.830 bits per heavy atom. The van der Waals surface area contributed by atoms with E-state index in [0.717, 1.165) is 11.4 Å². The molecule has 47 heavy (non-hydrogen) atoms. The highest BCUT2D eigenvalue weighted by Gasteiger charge is 2.24. The molecular formula is C46H31N. The van der Waals surface area contributed by atoms with Crippen molar-refractivity contribution in [2.45, 2.75) is 0 Å². The fraction of sp³-hybridized carbons (Fsp3) is 0. The van der Waals surface area contributed by atoms with E-state index in [-0.39, 0.29) is 0 Å². The van der Waals surface area contributed by atoms with Crippen LogP contribution in [0.15, 0.2) is 188 Å². The van der Waals surface area contributed by atoms with Crippen LogP contribution in [0.4, 0.5) is 17.1 Å². The van der Waals surface area contributed by atoms with Gasteiger partial charge in [0, 0.05) is 22.3 Å². The minimum absolute atomic E-state index is 1.11. The summed E-state index contributed by atoms with van der Waals surface area (Å²) in [6.07, 6.45) is 0. The van der Waals surface area contributed by atoms with Gasteiger partial charge in [-0.1, -0.05) is 164 Å². The van der Waals surface area contributed by atoms with Gasteiger partial charge in [-0.15, -0.1) is 0 Å². The summed E-state index contributed by atoms with van der Waals surface area (Å²) in [6, 6.07) is 68.4.